The summed E-state index contributed by atoms with van der Waals surface area (Å²) in [6.45, 7) is 5.03. The lowest BCUT2D eigenvalue weighted by atomic mass is 10.2. The minimum absolute atomic E-state index is 0.0646. The van der Waals surface area contributed by atoms with E-state index in [2.05, 4.69) is 5.32 Å². The van der Waals surface area contributed by atoms with Gasteiger partial charge in [0.05, 0.1) is 0 Å². The molecule has 0 unspecified atom stereocenters. The van der Waals surface area contributed by atoms with E-state index in [4.69, 9.17) is 9.15 Å². The number of rotatable bonds is 2. The predicted octanol–water partition coefficient (Wildman–Crippen LogP) is 3.64. The Morgan fingerprint density at radius 2 is 1.73 bits per heavy atom. The van der Waals surface area contributed by atoms with Crippen molar-refractivity contribution in [3.05, 3.63) is 34.7 Å². The van der Waals surface area contributed by atoms with E-state index in [0.717, 1.165) is 6.07 Å². The van der Waals surface area contributed by atoms with Gasteiger partial charge < -0.3 is 14.5 Å². The zero-order valence-electron chi connectivity index (χ0n) is 14.0. The van der Waals surface area contributed by atoms with Crippen LogP contribution in [0.3, 0.4) is 0 Å². The summed E-state index contributed by atoms with van der Waals surface area (Å²) >= 11 is 0. The smallest absolute Gasteiger partial charge is 0.444 e. The van der Waals surface area contributed by atoms with Crippen molar-refractivity contribution in [1.82, 2.24) is 0 Å². The highest BCUT2D eigenvalue weighted by Crippen LogP contribution is 2.23. The molecule has 0 saturated carbocycles. The molecule has 2 N–H and O–H groups in total. The predicted molar refractivity (Wildman–Crippen MR) is 87.0 cm³/mol. The topological polar surface area (TPSA) is 97.6 Å². The third-order valence-corrected chi connectivity index (χ3v) is 2.88. The Labute approximate surface area is 145 Å². The van der Waals surface area contributed by atoms with Gasteiger partial charge in [-0.3, -0.25) is 10.1 Å². The largest absolute Gasteiger partial charge is 0.471 e. The second kappa shape index (κ2) is 6.70. The molecule has 0 atom stereocenters. The number of fused-ring (bicyclic) bond motifs is 1. The van der Waals surface area contributed by atoms with E-state index in [0.29, 0.717) is 0 Å². The van der Waals surface area contributed by atoms with E-state index in [-0.39, 0.29) is 16.7 Å². The van der Waals surface area contributed by atoms with Gasteiger partial charge in [0.2, 0.25) is 0 Å². The number of nitrogens with one attached hydrogen (secondary N) is 2. The molecule has 2 aromatic rings. The van der Waals surface area contributed by atoms with Crippen LogP contribution in [-0.4, -0.2) is 23.8 Å². The average Bonchev–Trinajstić information content (AvgIpc) is 2.45. The van der Waals surface area contributed by atoms with Gasteiger partial charge in [-0.1, -0.05) is 0 Å². The Morgan fingerprint density at radius 3 is 2.31 bits per heavy atom. The number of hydrogen-bond acceptors (Lipinski definition) is 5. The fraction of sp³-hybridized carbons (Fsp3) is 0.312. The van der Waals surface area contributed by atoms with Crippen molar-refractivity contribution in [3.63, 3.8) is 0 Å². The second-order valence-corrected chi connectivity index (χ2v) is 6.28. The van der Waals surface area contributed by atoms with Crippen molar-refractivity contribution in [3.8, 4) is 0 Å². The molecule has 1 aromatic carbocycles. The molecule has 0 aliphatic carbocycles. The van der Waals surface area contributed by atoms with Gasteiger partial charge in [-0.25, -0.2) is 9.59 Å². The van der Waals surface area contributed by atoms with Gasteiger partial charge in [0.15, 0.2) is 0 Å². The number of halogens is 3. The number of benzene rings is 1. The van der Waals surface area contributed by atoms with Crippen LogP contribution in [0.4, 0.5) is 29.3 Å². The number of carbonyl (C=O) groups is 2. The van der Waals surface area contributed by atoms with Gasteiger partial charge in [-0.2, -0.15) is 13.2 Å². The number of carbonyl (C=O) groups excluding carboxylic acids is 2. The fourth-order valence-electron chi connectivity index (χ4n) is 1.90. The Morgan fingerprint density at radius 1 is 1.08 bits per heavy atom. The standard InChI is InChI=1S/C16H15F3N2O5/c1-15(2,3)26-14(24)20-9-4-5-11-8(6-9)7-10(12(22)25-11)21-13(23)16(17,18)19/h4-7H,1-3H3,(H,20,24)(H,21,23). The molecular weight excluding hydrogens is 357 g/mol. The van der Waals surface area contributed by atoms with E-state index < -0.39 is 35.1 Å². The third kappa shape index (κ3) is 4.98. The molecule has 0 spiro atoms. The van der Waals surface area contributed by atoms with Crippen LogP contribution in [0, 0.1) is 0 Å². The van der Waals surface area contributed by atoms with Gasteiger partial charge in [-0.15, -0.1) is 0 Å². The van der Waals surface area contributed by atoms with Crippen LogP contribution in [0.5, 0.6) is 0 Å². The third-order valence-electron chi connectivity index (χ3n) is 2.88. The molecule has 140 valence electrons. The summed E-state index contributed by atoms with van der Waals surface area (Å²) in [7, 11) is 0. The summed E-state index contributed by atoms with van der Waals surface area (Å²) in [5.41, 5.74) is -2.20. The molecule has 0 saturated heterocycles. The van der Waals surface area contributed by atoms with E-state index in [1.807, 2.05) is 0 Å². The minimum atomic E-state index is -5.15. The maximum Gasteiger partial charge on any atom is 0.471 e. The Bertz CT molecular complexity index is 913. The summed E-state index contributed by atoms with van der Waals surface area (Å²) < 4.78 is 46.9. The first kappa shape index (κ1) is 19.3. The summed E-state index contributed by atoms with van der Waals surface area (Å²) in [5, 5.41) is 4.08. The molecule has 7 nitrogen and oxygen atoms in total. The van der Waals surface area contributed by atoms with Crippen molar-refractivity contribution >= 4 is 34.3 Å². The highest BCUT2D eigenvalue weighted by molar-refractivity contribution is 5.96. The molecule has 26 heavy (non-hydrogen) atoms. The van der Waals surface area contributed by atoms with Gasteiger partial charge in [0.25, 0.3) is 0 Å². The molecule has 0 fully saturated rings. The fourth-order valence-corrected chi connectivity index (χ4v) is 1.90. The quantitative estimate of drug-likeness (QED) is 0.785. The molecule has 2 rings (SSSR count). The molecule has 1 heterocycles. The summed E-state index contributed by atoms with van der Waals surface area (Å²) in [6, 6.07) is 5.14. The van der Waals surface area contributed by atoms with Gasteiger partial charge in [0.1, 0.15) is 16.9 Å². The van der Waals surface area contributed by atoms with E-state index in [1.165, 1.54) is 23.5 Å². The number of amides is 2. The Kier molecular flexibility index (Phi) is 4.97. The van der Waals surface area contributed by atoms with Gasteiger partial charge >= 0.3 is 23.8 Å². The zero-order valence-corrected chi connectivity index (χ0v) is 14.0. The SMILES string of the molecule is CC(C)(C)OC(=O)Nc1ccc2oc(=O)c(NC(=O)C(F)(F)F)cc2c1. The first-order chi connectivity index (χ1) is 11.8. The van der Waals surface area contributed by atoms with Crippen molar-refractivity contribution < 1.29 is 31.9 Å². The van der Waals surface area contributed by atoms with Crippen LogP contribution in [0.2, 0.25) is 0 Å². The lowest BCUT2D eigenvalue weighted by Crippen LogP contribution is -2.31. The summed E-state index contributed by atoms with van der Waals surface area (Å²) in [5.74, 6) is -2.30. The lowest BCUT2D eigenvalue weighted by molar-refractivity contribution is -0.167. The van der Waals surface area contributed by atoms with Crippen molar-refractivity contribution in [1.29, 1.82) is 0 Å². The minimum Gasteiger partial charge on any atom is -0.444 e. The first-order valence-corrected chi connectivity index (χ1v) is 7.31. The normalized spacial score (nSPS) is 11.9. The Balaban J connectivity index is 2.30. The first-order valence-electron chi connectivity index (χ1n) is 7.31. The van der Waals surface area contributed by atoms with E-state index >= 15 is 0 Å². The summed E-state index contributed by atoms with van der Waals surface area (Å²) in [6.07, 6.45) is -5.89. The molecule has 0 aliphatic rings. The molecule has 1 aromatic heterocycles. The number of hydrogen-bond donors (Lipinski definition) is 2. The maximum absolute atomic E-state index is 12.3. The summed E-state index contributed by atoms with van der Waals surface area (Å²) in [4.78, 5) is 34.4. The average molecular weight is 372 g/mol. The van der Waals surface area contributed by atoms with Crippen molar-refractivity contribution in [2.75, 3.05) is 10.6 Å². The number of anilines is 2. The van der Waals surface area contributed by atoms with Gasteiger partial charge in [0, 0.05) is 11.1 Å². The highest BCUT2D eigenvalue weighted by atomic mass is 19.4. The highest BCUT2D eigenvalue weighted by Gasteiger charge is 2.39. The maximum atomic E-state index is 12.3. The van der Waals surface area contributed by atoms with Crippen LogP contribution in [0.25, 0.3) is 11.0 Å². The van der Waals surface area contributed by atoms with E-state index in [9.17, 15) is 27.6 Å². The second-order valence-electron chi connectivity index (χ2n) is 6.28. The molecule has 0 aliphatic heterocycles. The van der Waals surface area contributed by atoms with Crippen LogP contribution in [0.15, 0.2) is 33.5 Å². The van der Waals surface area contributed by atoms with Crippen LogP contribution >= 0.6 is 0 Å². The van der Waals surface area contributed by atoms with Crippen LogP contribution < -0.4 is 16.3 Å². The number of alkyl halides is 3. The van der Waals surface area contributed by atoms with Crippen LogP contribution in [0.1, 0.15) is 20.8 Å². The molecule has 10 heteroatoms. The van der Waals surface area contributed by atoms with Crippen LogP contribution in [-0.2, 0) is 9.53 Å². The molecule has 0 bridgehead atoms. The lowest BCUT2D eigenvalue weighted by Gasteiger charge is -2.19. The molecular formula is C16H15F3N2O5. The van der Waals surface area contributed by atoms with Gasteiger partial charge in [-0.05, 0) is 45.0 Å². The molecule has 2 amide bonds. The zero-order chi connectivity index (χ0) is 19.7. The molecule has 0 radical (unpaired) electrons. The Hall–Kier alpha value is -3.04. The van der Waals surface area contributed by atoms with E-state index in [1.54, 1.807) is 20.8 Å². The monoisotopic (exact) mass is 372 g/mol. The van der Waals surface area contributed by atoms with Crippen molar-refractivity contribution in [2.45, 2.75) is 32.5 Å². The number of ether oxygens (including phenoxy) is 1. The van der Waals surface area contributed by atoms with Crippen molar-refractivity contribution in [2.24, 2.45) is 0 Å².